The summed E-state index contributed by atoms with van der Waals surface area (Å²) in [5.74, 6) is 0. The van der Waals surface area contributed by atoms with Crippen LogP contribution in [0.1, 0.15) is 0 Å². The molecule has 1 aromatic rings. The molecule has 0 fully saturated rings. The van der Waals surface area contributed by atoms with Crippen molar-refractivity contribution in [3.05, 3.63) is 30.3 Å². The molecule has 0 aliphatic rings. The molecule has 7 radical (unpaired) electrons. The topological polar surface area (TPSA) is 0 Å². The van der Waals surface area contributed by atoms with Gasteiger partial charge in [-0.2, -0.15) is 12.6 Å². The third-order valence-corrected chi connectivity index (χ3v) is 1.31. The van der Waals surface area contributed by atoms with Crippen molar-refractivity contribution < 1.29 is 0 Å². The number of thiol groups is 1. The molecular formula is C7H9MgS+2. The largest absolute Gasteiger partial charge is 1.47 e. The molecular weight excluding hydrogens is 140 g/mol. The molecule has 0 nitrogen and oxygen atoms in total. The van der Waals surface area contributed by atoms with Crippen molar-refractivity contribution in [2.45, 2.75) is 0 Å². The lowest BCUT2D eigenvalue weighted by atomic mass is 10.4. The number of hydrogen-bond acceptors (Lipinski definition) is 1. The smallest absolute Gasteiger partial charge is 0.183 e. The van der Waals surface area contributed by atoms with E-state index in [1.54, 1.807) is 6.26 Å². The van der Waals surface area contributed by atoms with Crippen LogP contribution in [0.3, 0.4) is 0 Å². The maximum atomic E-state index is 3.53. The fraction of sp³-hybridized carbons (Fsp3) is 0.143. The molecule has 0 spiro atoms. The Bertz CT molecular complexity index is 139. The Morgan fingerprint density at radius 1 is 1.11 bits per heavy atom. The van der Waals surface area contributed by atoms with Crippen LogP contribution >= 0.6 is 12.6 Å². The first-order valence-corrected chi connectivity index (χ1v) is 4.31. The van der Waals surface area contributed by atoms with Gasteiger partial charge in [-0.15, -0.1) is 0 Å². The second kappa shape index (κ2) is 6.46. The molecule has 0 bridgehead atoms. The van der Waals surface area contributed by atoms with Gasteiger partial charge >= 0.3 is 25.4 Å². The molecule has 0 unspecified atom stereocenters. The minimum atomic E-state index is 1.35. The van der Waals surface area contributed by atoms with Gasteiger partial charge in [0.1, 0.15) is 0 Å². The first-order valence-electron chi connectivity index (χ1n) is 2.71. The molecule has 1 aromatic carbocycles. The number of rotatable bonds is 0. The van der Waals surface area contributed by atoms with Gasteiger partial charge in [-0.3, -0.25) is 0 Å². The second-order valence-electron chi connectivity index (χ2n) is 1.49. The quantitative estimate of drug-likeness (QED) is 0.413. The molecule has 0 aliphatic carbocycles. The highest BCUT2D eigenvalue weighted by atomic mass is 32.1. The Morgan fingerprint density at radius 3 is 1.78 bits per heavy atom. The zero-order chi connectivity index (χ0) is 7.11. The molecule has 0 aliphatic heterocycles. The van der Waals surface area contributed by atoms with E-state index in [0.717, 1.165) is 0 Å². The van der Waals surface area contributed by atoms with Gasteiger partial charge in [0.2, 0.25) is 0 Å². The maximum Gasteiger partial charge on any atom is 1.47 e. The second-order valence-corrected chi connectivity index (χ2v) is 2.30. The van der Waals surface area contributed by atoms with Crippen LogP contribution in [0, 0.1) is 0 Å². The Morgan fingerprint density at radius 2 is 1.56 bits per heavy atom. The summed E-state index contributed by atoms with van der Waals surface area (Å²) in [6, 6.07) is 10.3. The van der Waals surface area contributed by atoms with E-state index in [9.17, 15) is 0 Å². The average molecular weight is 150 g/mol. The molecule has 0 amide bonds. The summed E-state index contributed by atoms with van der Waals surface area (Å²) in [5.41, 5.74) is 0. The molecule has 0 aromatic heterocycles. The van der Waals surface area contributed by atoms with Crippen molar-refractivity contribution in [1.29, 1.82) is 0 Å². The third kappa shape index (κ3) is 4.82. The minimum Gasteiger partial charge on any atom is -0.183 e. The Balaban J connectivity index is 0.000000291. The van der Waals surface area contributed by atoms with E-state index < -0.39 is 0 Å². The maximum absolute atomic E-state index is 3.53. The Labute approximate surface area is 74.5 Å². The summed E-state index contributed by atoms with van der Waals surface area (Å²) >= 11 is 5.43. The van der Waals surface area contributed by atoms with E-state index in [1.165, 1.54) is 3.69 Å². The van der Waals surface area contributed by atoms with Crippen LogP contribution in [0.4, 0.5) is 0 Å². The van der Waals surface area contributed by atoms with E-state index >= 15 is 0 Å². The first kappa shape index (κ1) is 9.34. The Hall–Kier alpha value is 0.336. The summed E-state index contributed by atoms with van der Waals surface area (Å²) in [7, 11) is 0. The fourth-order valence-electron chi connectivity index (χ4n) is 0.478. The van der Waals surface area contributed by atoms with Gasteiger partial charge in [-0.05, 0) is 6.26 Å². The van der Waals surface area contributed by atoms with Gasteiger partial charge in [-0.25, -0.2) is 0 Å². The van der Waals surface area contributed by atoms with Crippen LogP contribution in [0.5, 0.6) is 0 Å². The molecule has 9 heavy (non-hydrogen) atoms. The molecule has 0 N–H and O–H groups in total. The average Bonchev–Trinajstić information content (AvgIpc) is 1.94. The van der Waals surface area contributed by atoms with Crippen molar-refractivity contribution in [3.63, 3.8) is 0 Å². The van der Waals surface area contributed by atoms with Gasteiger partial charge < -0.3 is 0 Å². The van der Waals surface area contributed by atoms with Gasteiger partial charge in [0.25, 0.3) is 0 Å². The lowest BCUT2D eigenvalue weighted by molar-refractivity contribution is 1.78. The molecule has 1 rings (SSSR count). The van der Waals surface area contributed by atoms with E-state index in [1.807, 2.05) is 39.9 Å². The predicted molar refractivity (Wildman–Crippen MR) is 46.7 cm³/mol. The van der Waals surface area contributed by atoms with E-state index in [4.69, 9.17) is 0 Å². The van der Waals surface area contributed by atoms with Gasteiger partial charge in [0, 0.05) is 12.1 Å². The first-order chi connectivity index (χ1) is 4.39. The van der Waals surface area contributed by atoms with Crippen molar-refractivity contribution in [2.75, 3.05) is 6.26 Å². The highest BCUT2D eigenvalue weighted by Crippen LogP contribution is 1.76. The van der Waals surface area contributed by atoms with E-state index in [-0.39, 0.29) is 0 Å². The zero-order valence-electron chi connectivity index (χ0n) is 5.54. The van der Waals surface area contributed by atoms with Crippen LogP contribution in [-0.2, 0) is 0 Å². The van der Waals surface area contributed by atoms with Gasteiger partial charge in [0.05, 0.1) is 0 Å². The summed E-state index contributed by atoms with van der Waals surface area (Å²) < 4.78 is 1.35. The predicted octanol–water partition coefficient (Wildman–Crippen LogP) is 1.03. The van der Waals surface area contributed by atoms with E-state index in [0.29, 0.717) is 0 Å². The van der Waals surface area contributed by atoms with Crippen LogP contribution in [0.25, 0.3) is 0 Å². The van der Waals surface area contributed by atoms with Crippen molar-refractivity contribution in [1.82, 2.24) is 0 Å². The summed E-state index contributed by atoms with van der Waals surface area (Å²) in [6.45, 7) is 0. The fourth-order valence-corrected chi connectivity index (χ4v) is 0.750. The lowest BCUT2D eigenvalue weighted by Crippen LogP contribution is -1.97. The molecule has 43 valence electrons. The van der Waals surface area contributed by atoms with E-state index in [2.05, 4.69) is 24.8 Å². The van der Waals surface area contributed by atoms with Crippen LogP contribution in [0.15, 0.2) is 30.3 Å². The Kier molecular flexibility index (Phi) is 6.70. The highest BCUT2D eigenvalue weighted by Gasteiger charge is 2.28. The monoisotopic (exact) mass is 149 g/mol. The van der Waals surface area contributed by atoms with Crippen molar-refractivity contribution >= 4 is 38.0 Å². The summed E-state index contributed by atoms with van der Waals surface area (Å²) in [6.07, 6.45) is 1.69. The van der Waals surface area contributed by atoms with Crippen molar-refractivity contribution in [2.24, 2.45) is 0 Å². The molecule has 0 saturated carbocycles. The summed E-state index contributed by atoms with van der Waals surface area (Å²) in [5, 5.41) is 0. The minimum absolute atomic E-state index is 1.35. The molecule has 0 heterocycles. The van der Waals surface area contributed by atoms with Gasteiger partial charge in [0.15, 0.2) is 0 Å². The molecule has 0 saturated heterocycles. The zero-order valence-corrected chi connectivity index (χ0v) is 7.85. The normalized spacial score (nSPS) is 7.44. The van der Waals surface area contributed by atoms with Crippen LogP contribution < -0.4 is 3.69 Å². The van der Waals surface area contributed by atoms with Gasteiger partial charge in [-0.1, -0.05) is 18.2 Å². The van der Waals surface area contributed by atoms with Crippen LogP contribution in [0.2, 0.25) is 0 Å². The van der Waals surface area contributed by atoms with Crippen LogP contribution in [-0.4, -0.2) is 28.0 Å². The summed E-state index contributed by atoms with van der Waals surface area (Å²) in [4.78, 5) is 0. The third-order valence-electron chi connectivity index (χ3n) is 0.843. The van der Waals surface area contributed by atoms with Crippen molar-refractivity contribution in [3.8, 4) is 0 Å². The lowest BCUT2D eigenvalue weighted by Gasteiger charge is -1.65. The molecule has 2 heteroatoms. The highest BCUT2D eigenvalue weighted by molar-refractivity contribution is 7.79. The SMILES string of the molecule is CS.[Mg+2][c]1ccccc1. The number of hydrogen-bond donors (Lipinski definition) is 1. The standard InChI is InChI=1S/C6H5.CH4S.Mg/c1-2-4-6-5-3-1;1-2;/h1-5H;2H,1H3;/q;;+2. The number of benzene rings is 1. The molecule has 0 atom stereocenters.